The maximum absolute atomic E-state index is 13.3. The van der Waals surface area contributed by atoms with Crippen molar-refractivity contribution in [3.8, 4) is 0 Å². The highest BCUT2D eigenvalue weighted by atomic mass is 19.4. The highest BCUT2D eigenvalue weighted by Gasteiger charge is 2.37. The molecule has 3 aromatic rings. The number of amides is 2. The Bertz CT molecular complexity index is 1090. The average molecular weight is 456 g/mol. The third-order valence-corrected chi connectivity index (χ3v) is 5.49. The molecule has 0 radical (unpaired) electrons. The molecule has 0 N–H and O–H groups in total. The Morgan fingerprint density at radius 3 is 2.33 bits per heavy atom. The second kappa shape index (κ2) is 9.52. The van der Waals surface area contributed by atoms with Gasteiger partial charge < -0.3 is 14.2 Å². The second-order valence-corrected chi connectivity index (χ2v) is 8.06. The van der Waals surface area contributed by atoms with Gasteiger partial charge in [-0.25, -0.2) is 0 Å². The van der Waals surface area contributed by atoms with Crippen LogP contribution in [0.5, 0.6) is 0 Å². The second-order valence-electron chi connectivity index (χ2n) is 8.06. The summed E-state index contributed by atoms with van der Waals surface area (Å²) in [5.74, 6) is -0.279. The highest BCUT2D eigenvalue weighted by Crippen LogP contribution is 2.32. The van der Waals surface area contributed by atoms with E-state index in [9.17, 15) is 22.8 Å². The molecular formula is C25H23F3N2O3. The molecule has 1 aromatic heterocycles. The van der Waals surface area contributed by atoms with Gasteiger partial charge in [0.05, 0.1) is 18.4 Å². The topological polar surface area (TPSA) is 53.8 Å². The fourth-order valence-corrected chi connectivity index (χ4v) is 3.62. The molecule has 2 aromatic carbocycles. The van der Waals surface area contributed by atoms with Crippen molar-refractivity contribution in [3.63, 3.8) is 0 Å². The van der Waals surface area contributed by atoms with Gasteiger partial charge in [-0.2, -0.15) is 13.2 Å². The largest absolute Gasteiger partial charge is 0.467 e. The predicted octanol–water partition coefficient (Wildman–Crippen LogP) is 5.13. The molecule has 1 fully saturated rings. The minimum Gasteiger partial charge on any atom is -0.467 e. The van der Waals surface area contributed by atoms with E-state index in [4.69, 9.17) is 4.42 Å². The Labute approximate surface area is 189 Å². The van der Waals surface area contributed by atoms with Crippen LogP contribution in [0.3, 0.4) is 0 Å². The number of hydrogen-bond donors (Lipinski definition) is 0. The van der Waals surface area contributed by atoms with E-state index < -0.39 is 17.6 Å². The molecule has 1 aliphatic carbocycles. The third kappa shape index (κ3) is 5.83. The van der Waals surface area contributed by atoms with Crippen molar-refractivity contribution in [1.29, 1.82) is 0 Å². The number of carbonyl (C=O) groups excluding carboxylic acids is 2. The molecule has 4 rings (SSSR count). The molecule has 5 nitrogen and oxygen atoms in total. The average Bonchev–Trinajstić information content (AvgIpc) is 3.52. The van der Waals surface area contributed by atoms with Crippen LogP contribution in [0, 0.1) is 0 Å². The number of nitrogens with zero attached hydrogens (tertiary/aromatic N) is 2. The van der Waals surface area contributed by atoms with Gasteiger partial charge in [-0.15, -0.1) is 0 Å². The summed E-state index contributed by atoms with van der Waals surface area (Å²) >= 11 is 0. The number of rotatable bonds is 8. The molecule has 0 atom stereocenters. The minimum atomic E-state index is -4.55. The van der Waals surface area contributed by atoms with Crippen molar-refractivity contribution in [1.82, 2.24) is 9.80 Å². The Balaban J connectivity index is 1.54. The zero-order valence-electron chi connectivity index (χ0n) is 17.8. The van der Waals surface area contributed by atoms with Gasteiger partial charge >= 0.3 is 6.18 Å². The van der Waals surface area contributed by atoms with E-state index in [-0.39, 0.29) is 30.6 Å². The summed E-state index contributed by atoms with van der Waals surface area (Å²) < 4.78 is 44.7. The number of benzene rings is 2. The van der Waals surface area contributed by atoms with Crippen molar-refractivity contribution >= 4 is 11.8 Å². The van der Waals surface area contributed by atoms with E-state index in [1.165, 1.54) is 23.3 Å². The van der Waals surface area contributed by atoms with Crippen LogP contribution < -0.4 is 0 Å². The first-order valence-corrected chi connectivity index (χ1v) is 10.6. The predicted molar refractivity (Wildman–Crippen MR) is 115 cm³/mol. The molecule has 1 saturated carbocycles. The Kier molecular flexibility index (Phi) is 6.53. The van der Waals surface area contributed by atoms with Gasteiger partial charge in [0.2, 0.25) is 5.91 Å². The van der Waals surface area contributed by atoms with Crippen LogP contribution in [0.15, 0.2) is 77.4 Å². The van der Waals surface area contributed by atoms with Gasteiger partial charge in [0.15, 0.2) is 0 Å². The molecule has 2 amide bonds. The molecule has 0 bridgehead atoms. The van der Waals surface area contributed by atoms with Crippen LogP contribution in [0.1, 0.15) is 40.1 Å². The summed E-state index contributed by atoms with van der Waals surface area (Å²) in [6.07, 6.45) is -1.59. The van der Waals surface area contributed by atoms with Crippen molar-refractivity contribution in [2.45, 2.75) is 38.1 Å². The molecule has 0 unspecified atom stereocenters. The fourth-order valence-electron chi connectivity index (χ4n) is 3.62. The first kappa shape index (κ1) is 22.6. The Morgan fingerprint density at radius 2 is 1.70 bits per heavy atom. The van der Waals surface area contributed by atoms with Crippen LogP contribution in [-0.2, 0) is 24.1 Å². The highest BCUT2D eigenvalue weighted by molar-refractivity contribution is 5.97. The quantitative estimate of drug-likeness (QED) is 0.472. The number of alkyl halides is 3. The van der Waals surface area contributed by atoms with Crippen LogP contribution in [0.25, 0.3) is 0 Å². The van der Waals surface area contributed by atoms with Crippen molar-refractivity contribution in [2.24, 2.45) is 0 Å². The molecule has 1 heterocycles. The number of carbonyl (C=O) groups is 2. The summed E-state index contributed by atoms with van der Waals surface area (Å²) in [7, 11) is 0. The lowest BCUT2D eigenvalue weighted by atomic mass is 10.1. The molecule has 172 valence electrons. The number of halogens is 3. The van der Waals surface area contributed by atoms with Crippen LogP contribution in [0.2, 0.25) is 0 Å². The smallest absolute Gasteiger partial charge is 0.416 e. The summed E-state index contributed by atoms with van der Waals surface area (Å²) in [6.45, 7) is 0.320. The Morgan fingerprint density at radius 1 is 0.939 bits per heavy atom. The van der Waals surface area contributed by atoms with E-state index in [1.807, 2.05) is 30.3 Å². The van der Waals surface area contributed by atoms with E-state index in [0.717, 1.165) is 30.5 Å². The molecule has 8 heteroatoms. The summed E-state index contributed by atoms with van der Waals surface area (Å²) in [4.78, 5) is 29.4. The van der Waals surface area contributed by atoms with E-state index in [0.29, 0.717) is 12.3 Å². The first-order valence-electron chi connectivity index (χ1n) is 10.6. The van der Waals surface area contributed by atoms with Gasteiger partial charge in [-0.05, 0) is 48.7 Å². The van der Waals surface area contributed by atoms with Gasteiger partial charge in [0.1, 0.15) is 12.3 Å². The van der Waals surface area contributed by atoms with Gasteiger partial charge in [0, 0.05) is 18.2 Å². The van der Waals surface area contributed by atoms with Crippen molar-refractivity contribution in [2.75, 3.05) is 6.54 Å². The fraction of sp³-hybridized carbons (Fsp3) is 0.280. The first-order chi connectivity index (χ1) is 15.8. The summed E-state index contributed by atoms with van der Waals surface area (Å²) in [5.41, 5.74) is -0.0521. The monoisotopic (exact) mass is 456 g/mol. The standard InChI is InChI=1S/C25H23F3N2O3/c26-25(27,28)20-9-4-8-19(14-20)24(32)30(21-11-12-21)17-23(31)29(16-22-10-5-13-33-22)15-18-6-2-1-3-7-18/h1-10,13-14,21H,11-12,15-17H2. The van der Waals surface area contributed by atoms with Crippen LogP contribution in [0.4, 0.5) is 13.2 Å². The third-order valence-electron chi connectivity index (χ3n) is 5.49. The molecule has 0 saturated heterocycles. The van der Waals surface area contributed by atoms with Crippen LogP contribution >= 0.6 is 0 Å². The molecular weight excluding hydrogens is 433 g/mol. The maximum Gasteiger partial charge on any atom is 0.416 e. The molecule has 0 spiro atoms. The normalized spacial score (nSPS) is 13.5. The molecule has 33 heavy (non-hydrogen) atoms. The minimum absolute atomic E-state index is 0.0785. The summed E-state index contributed by atoms with van der Waals surface area (Å²) in [5, 5.41) is 0. The van der Waals surface area contributed by atoms with E-state index in [2.05, 4.69) is 0 Å². The summed E-state index contributed by atoms with van der Waals surface area (Å²) in [6, 6.07) is 17.1. The van der Waals surface area contributed by atoms with Crippen molar-refractivity contribution in [3.05, 3.63) is 95.4 Å². The lowest BCUT2D eigenvalue weighted by Crippen LogP contribution is -2.43. The molecule has 0 aliphatic heterocycles. The van der Waals surface area contributed by atoms with E-state index >= 15 is 0 Å². The van der Waals surface area contributed by atoms with Gasteiger partial charge in [0.25, 0.3) is 5.91 Å². The van der Waals surface area contributed by atoms with E-state index in [1.54, 1.807) is 17.0 Å². The van der Waals surface area contributed by atoms with Crippen LogP contribution in [-0.4, -0.2) is 34.2 Å². The maximum atomic E-state index is 13.3. The Hall–Kier alpha value is -3.55. The van der Waals surface area contributed by atoms with Gasteiger partial charge in [-0.3, -0.25) is 9.59 Å². The lowest BCUT2D eigenvalue weighted by molar-refractivity contribution is -0.137. The zero-order valence-corrected chi connectivity index (χ0v) is 17.8. The SMILES string of the molecule is O=C(CN(C(=O)c1cccc(C(F)(F)F)c1)C1CC1)N(Cc1ccccc1)Cc1ccco1. The lowest BCUT2D eigenvalue weighted by Gasteiger charge is -2.27. The zero-order chi connectivity index (χ0) is 23.4. The van der Waals surface area contributed by atoms with Gasteiger partial charge in [-0.1, -0.05) is 36.4 Å². The number of furan rings is 1. The molecule has 1 aliphatic rings. The number of hydrogen-bond acceptors (Lipinski definition) is 3. The van der Waals surface area contributed by atoms with Crippen molar-refractivity contribution < 1.29 is 27.2 Å².